The first kappa shape index (κ1) is 25.5. The molecule has 2 N–H and O–H groups in total. The quantitative estimate of drug-likeness (QED) is 0.402. The van der Waals surface area contributed by atoms with Crippen LogP contribution < -0.4 is 10.5 Å². The first-order chi connectivity index (χ1) is 17.0. The average molecular weight is 513 g/mol. The molecule has 0 radical (unpaired) electrons. The van der Waals surface area contributed by atoms with Gasteiger partial charge in [-0.2, -0.15) is 13.2 Å². The number of nitrogens with two attached hydrogens (primary N) is 1. The minimum Gasteiger partial charge on any atom is -0.496 e. The standard InChI is InChI=1S/C23H21F6N5O2/c1-36-19-2-3-31-10-14(19)21-18-11-33(4-5-34(18)22(32-21)23(27,28)29)20(35)8-13(30)6-12-7-16(25)17(26)9-15(12)24/h2-3,7,9-10,13H,4-6,8,11,30H2,1H3/t13-/m1/s1. The van der Waals surface area contributed by atoms with Gasteiger partial charge >= 0.3 is 6.18 Å². The molecule has 13 heteroatoms. The van der Waals surface area contributed by atoms with E-state index in [1.807, 2.05) is 0 Å². The van der Waals surface area contributed by atoms with Crippen LogP contribution in [-0.4, -0.2) is 45.0 Å². The summed E-state index contributed by atoms with van der Waals surface area (Å²) < 4.78 is 87.9. The molecular weight excluding hydrogens is 492 g/mol. The first-order valence-electron chi connectivity index (χ1n) is 10.8. The van der Waals surface area contributed by atoms with Crippen molar-refractivity contribution in [2.24, 2.45) is 5.73 Å². The number of aromatic nitrogens is 3. The summed E-state index contributed by atoms with van der Waals surface area (Å²) in [7, 11) is 1.36. The molecule has 4 rings (SSSR count). The number of hydrogen-bond donors (Lipinski definition) is 1. The van der Waals surface area contributed by atoms with Gasteiger partial charge in [-0.05, 0) is 24.1 Å². The van der Waals surface area contributed by atoms with E-state index < -0.39 is 41.4 Å². The van der Waals surface area contributed by atoms with Crippen molar-refractivity contribution >= 4 is 5.91 Å². The van der Waals surface area contributed by atoms with Crippen LogP contribution in [0.4, 0.5) is 26.3 Å². The van der Waals surface area contributed by atoms with Crippen LogP contribution >= 0.6 is 0 Å². The fourth-order valence-corrected chi connectivity index (χ4v) is 4.18. The third kappa shape index (κ3) is 5.01. The summed E-state index contributed by atoms with van der Waals surface area (Å²) >= 11 is 0. The van der Waals surface area contributed by atoms with Gasteiger partial charge in [0, 0.05) is 44.0 Å². The molecule has 0 saturated carbocycles. The second-order valence-corrected chi connectivity index (χ2v) is 8.30. The summed E-state index contributed by atoms with van der Waals surface area (Å²) in [5.74, 6) is -4.91. The first-order valence-corrected chi connectivity index (χ1v) is 10.8. The maximum atomic E-state index is 13.9. The smallest absolute Gasteiger partial charge is 0.449 e. The van der Waals surface area contributed by atoms with E-state index in [1.165, 1.54) is 30.5 Å². The number of carbonyl (C=O) groups is 1. The molecule has 0 bridgehead atoms. The van der Waals surface area contributed by atoms with Crippen LogP contribution in [-0.2, 0) is 30.5 Å². The zero-order chi connectivity index (χ0) is 26.2. The van der Waals surface area contributed by atoms with E-state index in [2.05, 4.69) is 9.97 Å². The molecule has 36 heavy (non-hydrogen) atoms. The number of hydrogen-bond acceptors (Lipinski definition) is 5. The van der Waals surface area contributed by atoms with Crippen LogP contribution in [0.2, 0.25) is 0 Å². The van der Waals surface area contributed by atoms with Gasteiger partial charge in [-0.25, -0.2) is 18.2 Å². The predicted octanol–water partition coefficient (Wildman–Crippen LogP) is 3.69. The highest BCUT2D eigenvalue weighted by atomic mass is 19.4. The molecule has 0 spiro atoms. The van der Waals surface area contributed by atoms with Crippen molar-refractivity contribution in [3.8, 4) is 17.0 Å². The highest BCUT2D eigenvalue weighted by Gasteiger charge is 2.41. The maximum Gasteiger partial charge on any atom is 0.449 e. The number of ether oxygens (including phenoxy) is 1. The Hall–Kier alpha value is -3.61. The summed E-state index contributed by atoms with van der Waals surface area (Å²) in [4.78, 5) is 22.0. The number of amides is 1. The van der Waals surface area contributed by atoms with Gasteiger partial charge in [0.05, 0.1) is 30.6 Å². The Balaban J connectivity index is 1.57. The monoisotopic (exact) mass is 513 g/mol. The van der Waals surface area contributed by atoms with Gasteiger partial charge in [-0.3, -0.25) is 9.78 Å². The van der Waals surface area contributed by atoms with Crippen molar-refractivity contribution in [3.05, 3.63) is 65.1 Å². The largest absolute Gasteiger partial charge is 0.496 e. The summed E-state index contributed by atoms with van der Waals surface area (Å²) in [6.07, 6.45) is -2.51. The lowest BCUT2D eigenvalue weighted by atomic mass is 10.0. The SMILES string of the molecule is COc1ccncc1-c1nc(C(F)(F)F)n2c1CN(C(=O)C[C@H](N)Cc1cc(F)c(F)cc1F)CC2. The van der Waals surface area contributed by atoms with Gasteiger partial charge in [0.25, 0.3) is 0 Å². The van der Waals surface area contributed by atoms with Crippen molar-refractivity contribution < 1.29 is 35.9 Å². The van der Waals surface area contributed by atoms with Gasteiger partial charge in [0.1, 0.15) is 11.6 Å². The molecule has 2 aromatic heterocycles. The number of halogens is 6. The number of carbonyl (C=O) groups excluding carboxylic acids is 1. The fraction of sp³-hybridized carbons (Fsp3) is 0.348. The van der Waals surface area contributed by atoms with Gasteiger partial charge in [0.2, 0.25) is 11.7 Å². The van der Waals surface area contributed by atoms with E-state index in [9.17, 15) is 31.1 Å². The predicted molar refractivity (Wildman–Crippen MR) is 115 cm³/mol. The third-order valence-corrected chi connectivity index (χ3v) is 5.88. The number of fused-ring (bicyclic) bond motifs is 1. The lowest BCUT2D eigenvalue weighted by Crippen LogP contribution is -2.42. The Labute approximate surface area is 201 Å². The van der Waals surface area contributed by atoms with Crippen molar-refractivity contribution in [1.82, 2.24) is 19.4 Å². The molecule has 192 valence electrons. The molecule has 0 saturated heterocycles. The fourth-order valence-electron chi connectivity index (χ4n) is 4.18. The second kappa shape index (κ2) is 9.80. The van der Waals surface area contributed by atoms with Crippen molar-refractivity contribution in [2.45, 2.75) is 38.1 Å². The summed E-state index contributed by atoms with van der Waals surface area (Å²) in [6.45, 7) is -0.402. The number of imidazole rings is 1. The Morgan fingerprint density at radius 2 is 1.89 bits per heavy atom. The van der Waals surface area contributed by atoms with Crippen LogP contribution in [0.5, 0.6) is 5.75 Å². The number of nitrogens with zero attached hydrogens (tertiary/aromatic N) is 4. The highest BCUT2D eigenvalue weighted by molar-refractivity contribution is 5.78. The minimum absolute atomic E-state index is 0.0158. The topological polar surface area (TPSA) is 86.3 Å². The second-order valence-electron chi connectivity index (χ2n) is 8.30. The molecule has 1 amide bonds. The molecule has 7 nitrogen and oxygen atoms in total. The van der Waals surface area contributed by atoms with Crippen LogP contribution in [0, 0.1) is 17.5 Å². The zero-order valence-electron chi connectivity index (χ0n) is 19.0. The molecule has 1 aliphatic rings. The molecule has 1 aromatic carbocycles. The molecule has 1 atom stereocenters. The maximum absolute atomic E-state index is 13.9. The lowest BCUT2D eigenvalue weighted by molar-refractivity contribution is -0.148. The van der Waals surface area contributed by atoms with Gasteiger partial charge in [-0.1, -0.05) is 0 Å². The van der Waals surface area contributed by atoms with Crippen molar-refractivity contribution in [1.29, 1.82) is 0 Å². The van der Waals surface area contributed by atoms with E-state index in [0.29, 0.717) is 12.1 Å². The third-order valence-electron chi connectivity index (χ3n) is 5.88. The van der Waals surface area contributed by atoms with Gasteiger partial charge < -0.3 is 19.9 Å². The number of alkyl halides is 3. The van der Waals surface area contributed by atoms with Crippen molar-refractivity contribution in [2.75, 3.05) is 13.7 Å². The molecule has 3 heterocycles. The average Bonchev–Trinajstić information content (AvgIpc) is 3.21. The van der Waals surface area contributed by atoms with E-state index in [1.54, 1.807) is 0 Å². The van der Waals surface area contributed by atoms with E-state index in [0.717, 1.165) is 4.57 Å². The number of methoxy groups -OCH3 is 1. The van der Waals surface area contributed by atoms with Gasteiger partial charge in [0.15, 0.2) is 11.6 Å². The van der Waals surface area contributed by atoms with Crippen LogP contribution in [0.15, 0.2) is 30.6 Å². The summed E-state index contributed by atoms with van der Waals surface area (Å²) in [5.41, 5.74) is 6.14. The molecule has 0 fully saturated rings. The summed E-state index contributed by atoms with van der Waals surface area (Å²) in [5, 5.41) is 0. The summed E-state index contributed by atoms with van der Waals surface area (Å²) in [6, 6.07) is 1.63. The molecule has 1 aliphatic heterocycles. The molecule has 0 unspecified atom stereocenters. The Kier molecular flexibility index (Phi) is 6.94. The van der Waals surface area contributed by atoms with Crippen LogP contribution in [0.3, 0.4) is 0 Å². The zero-order valence-corrected chi connectivity index (χ0v) is 19.0. The number of benzene rings is 1. The van der Waals surface area contributed by atoms with E-state index in [-0.39, 0.29) is 60.7 Å². The molecule has 0 aliphatic carbocycles. The minimum atomic E-state index is -4.73. The van der Waals surface area contributed by atoms with E-state index >= 15 is 0 Å². The Bertz CT molecular complexity index is 1290. The van der Waals surface area contributed by atoms with Crippen molar-refractivity contribution in [3.63, 3.8) is 0 Å². The molecule has 3 aromatic rings. The molecular formula is C23H21F6N5O2. The number of rotatable bonds is 6. The van der Waals surface area contributed by atoms with Crippen LogP contribution in [0.1, 0.15) is 23.5 Å². The highest BCUT2D eigenvalue weighted by Crippen LogP contribution is 2.38. The normalized spacial score (nSPS) is 14.5. The van der Waals surface area contributed by atoms with Gasteiger partial charge in [-0.15, -0.1) is 0 Å². The Morgan fingerprint density at radius 3 is 2.58 bits per heavy atom. The Morgan fingerprint density at radius 1 is 1.17 bits per heavy atom. The van der Waals surface area contributed by atoms with E-state index in [4.69, 9.17) is 10.5 Å². The number of pyridine rings is 1. The van der Waals surface area contributed by atoms with Crippen LogP contribution in [0.25, 0.3) is 11.3 Å². The lowest BCUT2D eigenvalue weighted by Gasteiger charge is -2.30.